The van der Waals surface area contributed by atoms with E-state index >= 15 is 0 Å². The predicted molar refractivity (Wildman–Crippen MR) is 75.9 cm³/mol. The molecule has 0 radical (unpaired) electrons. The highest BCUT2D eigenvalue weighted by atomic mass is 16.1. The quantitative estimate of drug-likeness (QED) is 0.718. The zero-order valence-electron chi connectivity index (χ0n) is 12.4. The van der Waals surface area contributed by atoms with Crippen molar-refractivity contribution >= 4 is 6.29 Å². The van der Waals surface area contributed by atoms with Crippen LogP contribution in [0, 0.1) is 18.8 Å². The van der Waals surface area contributed by atoms with Crippen LogP contribution in [0.5, 0.6) is 0 Å². The third-order valence-corrected chi connectivity index (χ3v) is 5.21. The first-order valence-corrected chi connectivity index (χ1v) is 6.83. The van der Waals surface area contributed by atoms with Crippen LogP contribution in [0.3, 0.4) is 0 Å². The average molecular weight is 244 g/mol. The summed E-state index contributed by atoms with van der Waals surface area (Å²) >= 11 is 0. The van der Waals surface area contributed by atoms with Crippen LogP contribution in [0.4, 0.5) is 0 Å². The summed E-state index contributed by atoms with van der Waals surface area (Å²) in [7, 11) is 0. The molecular formula is C17H24O. The molecule has 1 aliphatic carbocycles. The Morgan fingerprint density at radius 2 is 1.78 bits per heavy atom. The number of carbonyl (C=O) groups excluding carboxylic acids is 1. The highest BCUT2D eigenvalue weighted by molar-refractivity contribution is 5.67. The zero-order valence-corrected chi connectivity index (χ0v) is 12.4. The van der Waals surface area contributed by atoms with E-state index in [0.29, 0.717) is 5.92 Å². The first-order valence-electron chi connectivity index (χ1n) is 6.83. The molecule has 0 heterocycles. The highest BCUT2D eigenvalue weighted by Gasteiger charge is 2.54. The molecule has 0 bridgehead atoms. The fourth-order valence-electron chi connectivity index (χ4n) is 3.73. The van der Waals surface area contributed by atoms with Crippen LogP contribution in [0.15, 0.2) is 18.2 Å². The molecule has 0 spiro atoms. The van der Waals surface area contributed by atoms with Crippen molar-refractivity contribution in [3.8, 4) is 0 Å². The number of aryl methyl sites for hydroxylation is 1. The lowest BCUT2D eigenvalue weighted by Gasteiger charge is -2.38. The average Bonchev–Trinajstić information content (AvgIpc) is 2.44. The highest BCUT2D eigenvalue weighted by Crippen LogP contribution is 2.56. The van der Waals surface area contributed by atoms with E-state index in [4.69, 9.17) is 0 Å². The van der Waals surface area contributed by atoms with Crippen molar-refractivity contribution in [2.75, 3.05) is 0 Å². The van der Waals surface area contributed by atoms with Crippen LogP contribution in [-0.2, 0) is 15.6 Å². The van der Waals surface area contributed by atoms with E-state index in [1.807, 2.05) is 0 Å². The van der Waals surface area contributed by atoms with Crippen LogP contribution < -0.4 is 0 Å². The molecule has 0 aromatic heterocycles. The van der Waals surface area contributed by atoms with Gasteiger partial charge in [-0.15, -0.1) is 0 Å². The van der Waals surface area contributed by atoms with Crippen molar-refractivity contribution < 1.29 is 4.79 Å². The minimum Gasteiger partial charge on any atom is -0.303 e. The minimum absolute atomic E-state index is 0.0490. The zero-order chi connectivity index (χ0) is 13.7. The van der Waals surface area contributed by atoms with Gasteiger partial charge in [0.15, 0.2) is 0 Å². The summed E-state index contributed by atoms with van der Waals surface area (Å²) < 4.78 is 0. The van der Waals surface area contributed by atoms with Gasteiger partial charge in [0.1, 0.15) is 6.29 Å². The van der Waals surface area contributed by atoms with Crippen molar-refractivity contribution in [1.29, 1.82) is 0 Å². The molecule has 98 valence electrons. The lowest BCUT2D eigenvalue weighted by atomic mass is 9.64. The van der Waals surface area contributed by atoms with Crippen LogP contribution in [0.25, 0.3) is 0 Å². The van der Waals surface area contributed by atoms with E-state index in [1.165, 1.54) is 23.0 Å². The molecule has 1 nitrogen and oxygen atoms in total. The van der Waals surface area contributed by atoms with Gasteiger partial charge in [0, 0.05) is 16.7 Å². The van der Waals surface area contributed by atoms with Gasteiger partial charge in [-0.25, -0.2) is 0 Å². The third-order valence-electron chi connectivity index (χ3n) is 5.21. The van der Waals surface area contributed by atoms with E-state index in [0.717, 1.165) is 0 Å². The first-order chi connectivity index (χ1) is 8.26. The van der Waals surface area contributed by atoms with E-state index in [1.54, 1.807) is 0 Å². The molecule has 1 heteroatoms. The topological polar surface area (TPSA) is 17.1 Å². The molecular weight excluding hydrogens is 220 g/mol. The van der Waals surface area contributed by atoms with Crippen molar-refractivity contribution in [3.05, 3.63) is 34.9 Å². The van der Waals surface area contributed by atoms with E-state index in [9.17, 15) is 4.79 Å². The second-order valence-corrected chi connectivity index (χ2v) is 6.82. The van der Waals surface area contributed by atoms with E-state index in [2.05, 4.69) is 59.7 Å². The number of hydrogen-bond acceptors (Lipinski definition) is 1. The third kappa shape index (κ3) is 1.49. The van der Waals surface area contributed by atoms with Crippen LogP contribution >= 0.6 is 0 Å². The Labute approximate surface area is 111 Å². The second-order valence-electron chi connectivity index (χ2n) is 6.82. The van der Waals surface area contributed by atoms with Crippen molar-refractivity contribution in [1.82, 2.24) is 0 Å². The monoisotopic (exact) mass is 244 g/mol. The molecule has 1 aromatic carbocycles. The molecule has 0 saturated heterocycles. The second kappa shape index (κ2) is 3.94. The Hall–Kier alpha value is -1.11. The normalized spacial score (nSPS) is 29.4. The fraction of sp³-hybridized carbons (Fsp3) is 0.588. The molecule has 1 aliphatic rings. The van der Waals surface area contributed by atoms with Gasteiger partial charge in [0.05, 0.1) is 0 Å². The standard InChI is InChI=1S/C17H24O/c1-11(2)17(6)14-9-12(3)7-8-13(14)16(4,5)15(17)10-18/h7-11,15H,1-6H3. The van der Waals surface area contributed by atoms with Crippen molar-refractivity contribution in [3.63, 3.8) is 0 Å². The Bertz CT molecular complexity index is 484. The van der Waals surface area contributed by atoms with Gasteiger partial charge >= 0.3 is 0 Å². The minimum atomic E-state index is -0.0657. The van der Waals surface area contributed by atoms with Gasteiger partial charge in [-0.2, -0.15) is 0 Å². The summed E-state index contributed by atoms with van der Waals surface area (Å²) in [5.74, 6) is 0.511. The maximum Gasteiger partial charge on any atom is 0.124 e. The van der Waals surface area contributed by atoms with Crippen molar-refractivity contribution in [2.45, 2.75) is 52.4 Å². The van der Waals surface area contributed by atoms with Gasteiger partial charge in [0.2, 0.25) is 0 Å². The number of aldehydes is 1. The van der Waals surface area contributed by atoms with Gasteiger partial charge in [-0.05, 0) is 24.0 Å². The maximum absolute atomic E-state index is 11.7. The molecule has 2 unspecified atom stereocenters. The summed E-state index contributed by atoms with van der Waals surface area (Å²) in [5, 5.41) is 0. The van der Waals surface area contributed by atoms with E-state index < -0.39 is 0 Å². The van der Waals surface area contributed by atoms with Crippen LogP contribution in [0.2, 0.25) is 0 Å². The Kier molecular flexibility index (Phi) is 2.92. The fourth-order valence-corrected chi connectivity index (χ4v) is 3.73. The Morgan fingerprint density at radius 3 is 2.28 bits per heavy atom. The first kappa shape index (κ1) is 13.3. The summed E-state index contributed by atoms with van der Waals surface area (Å²) in [6, 6.07) is 6.66. The largest absolute Gasteiger partial charge is 0.303 e. The molecule has 18 heavy (non-hydrogen) atoms. The summed E-state index contributed by atoms with van der Waals surface area (Å²) in [6.07, 6.45) is 1.18. The smallest absolute Gasteiger partial charge is 0.124 e. The summed E-state index contributed by atoms with van der Waals surface area (Å²) in [5.41, 5.74) is 3.89. The molecule has 0 N–H and O–H groups in total. The Morgan fingerprint density at radius 1 is 1.17 bits per heavy atom. The molecule has 0 fully saturated rings. The lowest BCUT2D eigenvalue weighted by Crippen LogP contribution is -2.40. The van der Waals surface area contributed by atoms with Crippen LogP contribution in [0.1, 0.15) is 51.3 Å². The SMILES string of the molecule is Cc1ccc2c(c1)C(C)(C(C)C)C(C=O)C2(C)C. The number of carbonyl (C=O) groups is 1. The van der Waals surface area contributed by atoms with E-state index in [-0.39, 0.29) is 16.7 Å². The van der Waals surface area contributed by atoms with Gasteiger partial charge in [-0.1, -0.05) is 58.4 Å². The predicted octanol–water partition coefficient (Wildman–Crippen LogP) is 4.02. The maximum atomic E-state index is 11.7. The molecule has 2 rings (SSSR count). The molecule has 0 amide bonds. The molecule has 0 aliphatic heterocycles. The number of rotatable bonds is 2. The molecule has 1 aromatic rings. The van der Waals surface area contributed by atoms with Gasteiger partial charge < -0.3 is 4.79 Å². The lowest BCUT2D eigenvalue weighted by molar-refractivity contribution is -0.115. The van der Waals surface area contributed by atoms with Crippen LogP contribution in [-0.4, -0.2) is 6.29 Å². The Balaban J connectivity index is 2.77. The number of benzene rings is 1. The van der Waals surface area contributed by atoms with Gasteiger partial charge in [0.25, 0.3) is 0 Å². The van der Waals surface area contributed by atoms with Crippen molar-refractivity contribution in [2.24, 2.45) is 11.8 Å². The number of fused-ring (bicyclic) bond motifs is 1. The summed E-state index contributed by atoms with van der Waals surface area (Å²) in [4.78, 5) is 11.7. The molecule has 0 saturated carbocycles. The summed E-state index contributed by atoms with van der Waals surface area (Å²) in [6.45, 7) is 13.2. The molecule has 2 atom stereocenters. The number of hydrogen-bond donors (Lipinski definition) is 0. The van der Waals surface area contributed by atoms with Gasteiger partial charge in [-0.3, -0.25) is 0 Å².